The molecule has 0 atom stereocenters. The first-order chi connectivity index (χ1) is 7.58. The van der Waals surface area contributed by atoms with Gasteiger partial charge in [-0.05, 0) is 6.07 Å². The second-order valence-corrected chi connectivity index (χ2v) is 3.07. The van der Waals surface area contributed by atoms with E-state index >= 15 is 0 Å². The van der Waals surface area contributed by atoms with Crippen molar-refractivity contribution in [2.45, 2.75) is 0 Å². The Labute approximate surface area is 89.3 Å². The predicted octanol–water partition coefficient (Wildman–Crippen LogP) is 0.974. The smallest absolute Gasteiger partial charge is 0.395 e. The van der Waals surface area contributed by atoms with Gasteiger partial charge < -0.3 is 9.15 Å². The zero-order valence-electron chi connectivity index (χ0n) is 8.24. The van der Waals surface area contributed by atoms with E-state index in [4.69, 9.17) is 9.15 Å². The van der Waals surface area contributed by atoms with E-state index in [1.807, 2.05) is 0 Å². The standard InChI is InChI=1S/C8H7N3O5/c1-10-4-9-7(16-8(10)12)5-2-3-6(15-5)11(13)14/h2-3H,4H2,1H3. The molecule has 1 aromatic heterocycles. The second kappa shape index (κ2) is 3.65. The van der Waals surface area contributed by atoms with Crippen LogP contribution in [0.5, 0.6) is 0 Å². The third-order valence-corrected chi connectivity index (χ3v) is 1.90. The van der Waals surface area contributed by atoms with Crippen LogP contribution < -0.4 is 0 Å². The Hall–Kier alpha value is -2.38. The van der Waals surface area contributed by atoms with E-state index in [0.29, 0.717) is 0 Å². The average Bonchev–Trinajstić information content (AvgIpc) is 2.71. The highest BCUT2D eigenvalue weighted by molar-refractivity contribution is 5.99. The molecular formula is C8H7N3O5. The number of nitrogens with zero attached hydrogens (tertiary/aromatic N) is 3. The molecule has 16 heavy (non-hydrogen) atoms. The topological polar surface area (TPSA) is 98.2 Å². The van der Waals surface area contributed by atoms with Crippen molar-refractivity contribution in [2.75, 3.05) is 13.7 Å². The van der Waals surface area contributed by atoms with Crippen LogP contribution in [-0.2, 0) is 4.74 Å². The summed E-state index contributed by atoms with van der Waals surface area (Å²) < 4.78 is 9.64. The number of cyclic esters (lactones) is 1. The summed E-state index contributed by atoms with van der Waals surface area (Å²) in [4.78, 5) is 26.0. The van der Waals surface area contributed by atoms with Crippen molar-refractivity contribution in [1.29, 1.82) is 0 Å². The Kier molecular flexibility index (Phi) is 2.31. The molecule has 1 aliphatic rings. The number of ether oxygens (including phenoxy) is 1. The molecule has 8 heteroatoms. The van der Waals surface area contributed by atoms with Gasteiger partial charge in [0.05, 0.1) is 6.07 Å². The molecule has 0 radical (unpaired) electrons. The molecule has 8 nitrogen and oxygen atoms in total. The van der Waals surface area contributed by atoms with Crippen molar-refractivity contribution in [3.63, 3.8) is 0 Å². The van der Waals surface area contributed by atoms with E-state index in [1.165, 1.54) is 24.1 Å². The maximum atomic E-state index is 11.2. The van der Waals surface area contributed by atoms with E-state index < -0.39 is 16.9 Å². The van der Waals surface area contributed by atoms with Crippen LogP contribution >= 0.6 is 0 Å². The van der Waals surface area contributed by atoms with Gasteiger partial charge in [-0.15, -0.1) is 0 Å². The minimum absolute atomic E-state index is 0.0452. The first-order valence-electron chi connectivity index (χ1n) is 4.30. The van der Waals surface area contributed by atoms with E-state index in [-0.39, 0.29) is 18.3 Å². The van der Waals surface area contributed by atoms with Crippen molar-refractivity contribution in [1.82, 2.24) is 4.90 Å². The van der Waals surface area contributed by atoms with Gasteiger partial charge in [0.1, 0.15) is 11.6 Å². The van der Waals surface area contributed by atoms with E-state index in [0.717, 1.165) is 0 Å². The number of hydrogen-bond donors (Lipinski definition) is 0. The van der Waals surface area contributed by atoms with Crippen LogP contribution in [0.3, 0.4) is 0 Å². The summed E-state index contributed by atoms with van der Waals surface area (Å²) in [5.41, 5.74) is 0. The lowest BCUT2D eigenvalue weighted by Crippen LogP contribution is -2.34. The first kappa shape index (κ1) is 10.1. The van der Waals surface area contributed by atoms with Crippen molar-refractivity contribution in [3.05, 3.63) is 28.0 Å². The fraction of sp³-hybridized carbons (Fsp3) is 0.250. The van der Waals surface area contributed by atoms with Gasteiger partial charge in [0, 0.05) is 7.05 Å². The monoisotopic (exact) mass is 225 g/mol. The number of carbonyl (C=O) groups is 1. The number of rotatable bonds is 2. The lowest BCUT2D eigenvalue weighted by Gasteiger charge is -2.19. The fourth-order valence-electron chi connectivity index (χ4n) is 1.09. The Bertz CT molecular complexity index is 478. The van der Waals surface area contributed by atoms with Gasteiger partial charge >= 0.3 is 12.0 Å². The second-order valence-electron chi connectivity index (χ2n) is 3.07. The largest absolute Gasteiger partial charge is 0.433 e. The minimum atomic E-state index is -0.680. The quantitative estimate of drug-likeness (QED) is 0.551. The maximum absolute atomic E-state index is 11.2. The third-order valence-electron chi connectivity index (χ3n) is 1.90. The summed E-state index contributed by atoms with van der Waals surface area (Å²) in [6.45, 7) is 0.128. The van der Waals surface area contributed by atoms with Gasteiger partial charge in [-0.3, -0.25) is 15.0 Å². The van der Waals surface area contributed by atoms with Crippen LogP contribution in [0, 0.1) is 10.1 Å². The van der Waals surface area contributed by atoms with Gasteiger partial charge in [0.15, 0.2) is 5.76 Å². The van der Waals surface area contributed by atoms with Gasteiger partial charge in [-0.2, -0.15) is 0 Å². The molecule has 1 amide bonds. The number of carbonyl (C=O) groups excluding carboxylic acids is 1. The number of furan rings is 1. The highest BCUT2D eigenvalue weighted by atomic mass is 16.7. The predicted molar refractivity (Wildman–Crippen MR) is 51.0 cm³/mol. The summed E-state index contributed by atoms with van der Waals surface area (Å²) in [7, 11) is 1.52. The lowest BCUT2D eigenvalue weighted by molar-refractivity contribution is -0.402. The van der Waals surface area contributed by atoms with Crippen LogP contribution in [0.4, 0.5) is 10.7 Å². The average molecular weight is 225 g/mol. The van der Waals surface area contributed by atoms with Gasteiger partial charge in [-0.25, -0.2) is 9.79 Å². The van der Waals surface area contributed by atoms with Gasteiger partial charge in [0.25, 0.3) is 5.90 Å². The number of hydrogen-bond acceptors (Lipinski definition) is 6. The van der Waals surface area contributed by atoms with E-state index in [9.17, 15) is 14.9 Å². The molecular weight excluding hydrogens is 218 g/mol. The van der Waals surface area contributed by atoms with Gasteiger partial charge in [-0.1, -0.05) is 0 Å². The molecule has 0 aliphatic carbocycles. The summed E-state index contributed by atoms with van der Waals surface area (Å²) in [6, 6.07) is 2.50. The van der Waals surface area contributed by atoms with Crippen LogP contribution in [-0.4, -0.2) is 35.5 Å². The molecule has 0 saturated carbocycles. The minimum Gasteiger partial charge on any atom is -0.395 e. The molecule has 0 saturated heterocycles. The van der Waals surface area contributed by atoms with Crippen molar-refractivity contribution < 1.29 is 18.9 Å². The van der Waals surface area contributed by atoms with Crippen LogP contribution in [0.1, 0.15) is 5.76 Å². The normalized spacial score (nSPS) is 15.7. The van der Waals surface area contributed by atoms with Crippen LogP contribution in [0.25, 0.3) is 0 Å². The highest BCUT2D eigenvalue weighted by Crippen LogP contribution is 2.18. The van der Waals surface area contributed by atoms with Crippen molar-refractivity contribution >= 4 is 17.9 Å². The molecule has 0 bridgehead atoms. The molecule has 1 aliphatic heterocycles. The molecule has 84 valence electrons. The van der Waals surface area contributed by atoms with Crippen LogP contribution in [0.2, 0.25) is 0 Å². The summed E-state index contributed by atoms with van der Waals surface area (Å²) in [5, 5.41) is 10.4. The Morgan fingerprint density at radius 3 is 2.88 bits per heavy atom. The molecule has 2 rings (SSSR count). The molecule has 1 aromatic rings. The van der Waals surface area contributed by atoms with Gasteiger partial charge in [0.2, 0.25) is 0 Å². The number of nitro groups is 1. The molecule has 2 heterocycles. The van der Waals surface area contributed by atoms with Crippen molar-refractivity contribution in [2.24, 2.45) is 4.99 Å². The number of aliphatic imine (C=N–C) groups is 1. The fourth-order valence-corrected chi connectivity index (χ4v) is 1.09. The third kappa shape index (κ3) is 1.72. The SMILES string of the molecule is CN1CN=C(c2ccc([N+](=O)[O-])o2)OC1=O. The zero-order valence-corrected chi connectivity index (χ0v) is 8.24. The molecule has 0 unspecified atom stereocenters. The Morgan fingerprint density at radius 2 is 2.31 bits per heavy atom. The summed E-state index contributed by atoms with van der Waals surface area (Å²) >= 11 is 0. The molecule has 0 N–H and O–H groups in total. The zero-order chi connectivity index (χ0) is 11.7. The molecule has 0 aromatic carbocycles. The first-order valence-corrected chi connectivity index (χ1v) is 4.30. The van der Waals surface area contributed by atoms with E-state index in [2.05, 4.69) is 4.99 Å². The van der Waals surface area contributed by atoms with E-state index in [1.54, 1.807) is 0 Å². The Balaban J connectivity index is 2.25. The van der Waals surface area contributed by atoms with Crippen molar-refractivity contribution in [3.8, 4) is 0 Å². The Morgan fingerprint density at radius 1 is 1.56 bits per heavy atom. The maximum Gasteiger partial charge on any atom is 0.433 e. The lowest BCUT2D eigenvalue weighted by atomic mass is 10.4. The highest BCUT2D eigenvalue weighted by Gasteiger charge is 2.24. The summed E-state index contributed by atoms with van der Waals surface area (Å²) in [5.74, 6) is -0.406. The molecule has 0 fully saturated rings. The summed E-state index contributed by atoms with van der Waals surface area (Å²) in [6.07, 6.45) is -0.580. The molecule has 0 spiro atoms. The number of amides is 1. The van der Waals surface area contributed by atoms with Crippen LogP contribution in [0.15, 0.2) is 21.5 Å².